The minimum absolute atomic E-state index is 0.545. The van der Waals surface area contributed by atoms with Gasteiger partial charge in [-0.3, -0.25) is 0 Å². The van der Waals surface area contributed by atoms with Gasteiger partial charge in [-0.15, -0.1) is 0 Å². The zero-order valence-electron chi connectivity index (χ0n) is 31.6. The molecule has 0 saturated carbocycles. The zero-order chi connectivity index (χ0) is 39.7. The van der Waals surface area contributed by atoms with Gasteiger partial charge in [0.15, 0.2) is 0 Å². The molecule has 10 unspecified atom stereocenters. The Labute approximate surface area is 334 Å². The molecule has 297 valence electrons. The lowest BCUT2D eigenvalue weighted by Crippen LogP contribution is -2.85. The number of hydrogen-bond donors (Lipinski definition) is 1. The highest BCUT2D eigenvalue weighted by atomic mass is 28.6. The number of rotatable bonds is 6. The Hall–Kier alpha value is -0.634. The Morgan fingerprint density at radius 1 is 0.436 bits per heavy atom. The van der Waals surface area contributed by atoms with Gasteiger partial charge < -0.3 is 71.3 Å². The molecule has 0 aromatic heterocycles. The summed E-state index contributed by atoms with van der Waals surface area (Å²) in [5.41, 5.74) is 0. The smallest absolute Gasteiger partial charge is 0.409 e. The van der Waals surface area contributed by atoms with Gasteiger partial charge in [-0.2, -0.15) is 0 Å². The monoisotopic (exact) mass is 947 g/mol. The summed E-state index contributed by atoms with van der Waals surface area (Å²) < 4.78 is 106. The van der Waals surface area contributed by atoms with Crippen LogP contribution in [-0.2, 0) is 66.5 Å². The maximum Gasteiger partial charge on any atom is 0.656 e. The van der Waals surface area contributed by atoms with Crippen LogP contribution in [0, 0.1) is 0 Å². The second-order valence-electron chi connectivity index (χ2n) is 13.7. The number of benzene rings is 3. The van der Waals surface area contributed by atoms with Gasteiger partial charge in [-0.25, -0.2) is 0 Å². The second-order valence-corrected chi connectivity index (χ2v) is 43.3. The largest absolute Gasteiger partial charge is 0.656 e. The minimum Gasteiger partial charge on any atom is -0.409 e. The predicted octanol–water partition coefficient (Wildman–Crippen LogP) is 1.16. The fourth-order valence-electron chi connectivity index (χ4n) is 6.79. The van der Waals surface area contributed by atoms with Gasteiger partial charge in [0, 0.05) is 52.1 Å². The van der Waals surface area contributed by atoms with Crippen molar-refractivity contribution in [3.63, 3.8) is 0 Å². The van der Waals surface area contributed by atoms with Gasteiger partial charge in [0.25, 0.3) is 0 Å². The first-order valence-corrected chi connectivity index (χ1v) is 38.3. The summed E-state index contributed by atoms with van der Waals surface area (Å²) in [5.74, 6) is 0. The molecule has 4 fully saturated rings. The highest BCUT2D eigenvalue weighted by Crippen LogP contribution is 2.43. The van der Waals surface area contributed by atoms with Crippen molar-refractivity contribution in [2.24, 2.45) is 0 Å². The van der Waals surface area contributed by atoms with Crippen molar-refractivity contribution in [2.75, 3.05) is 14.2 Å². The average molecular weight is 949 g/mol. The van der Waals surface area contributed by atoms with Crippen molar-refractivity contribution >= 4 is 114 Å². The van der Waals surface area contributed by atoms with Crippen molar-refractivity contribution in [1.29, 1.82) is 0 Å². The summed E-state index contributed by atoms with van der Waals surface area (Å²) in [6, 6.07) is 28.4. The molecule has 6 bridgehead atoms. The predicted molar refractivity (Wildman–Crippen MR) is 214 cm³/mol. The lowest BCUT2D eigenvalue weighted by molar-refractivity contribution is -0.0295. The van der Waals surface area contributed by atoms with E-state index in [1.165, 1.54) is 27.3 Å². The maximum atomic E-state index is 12.3. The highest BCUT2D eigenvalue weighted by molar-refractivity contribution is 7.05. The highest BCUT2D eigenvalue weighted by Gasteiger charge is 2.78. The quantitative estimate of drug-likeness (QED) is 0.350. The summed E-state index contributed by atoms with van der Waals surface area (Å²) in [6.07, 6.45) is 0. The lowest BCUT2D eigenvalue weighted by Gasteiger charge is -2.55. The Bertz CT molecular complexity index is 1860. The van der Waals surface area contributed by atoms with Crippen molar-refractivity contribution in [2.45, 2.75) is 45.8 Å². The van der Waals surface area contributed by atoms with Crippen LogP contribution in [0.25, 0.3) is 0 Å². The van der Waals surface area contributed by atoms with Crippen molar-refractivity contribution in [3.05, 3.63) is 91.0 Å². The summed E-state index contributed by atoms with van der Waals surface area (Å²) in [5, 5.41) is 2.11. The Morgan fingerprint density at radius 2 is 0.873 bits per heavy atom. The average Bonchev–Trinajstić information content (AvgIpc) is 3.09. The van der Waals surface area contributed by atoms with E-state index in [0.29, 0.717) is 5.19 Å². The van der Waals surface area contributed by atoms with Gasteiger partial charge in [-0.05, 0) is 23.5 Å². The molecule has 0 amide bonds. The van der Waals surface area contributed by atoms with Crippen LogP contribution in [0.2, 0.25) is 45.8 Å². The van der Waals surface area contributed by atoms with E-state index in [2.05, 4.69) is 10.5 Å². The molecule has 0 aliphatic carbocycles. The van der Waals surface area contributed by atoms with Gasteiger partial charge in [-0.1, -0.05) is 91.0 Å². The molecule has 3 radical (unpaired) electrons. The molecule has 10 atom stereocenters. The third kappa shape index (κ3) is 8.54. The molecule has 3 aromatic rings. The van der Waals surface area contributed by atoms with Gasteiger partial charge >= 0.3 is 88.0 Å². The van der Waals surface area contributed by atoms with Gasteiger partial charge in [0.05, 0.1) is 0 Å². The molecule has 17 nitrogen and oxygen atoms in total. The van der Waals surface area contributed by atoms with Crippen molar-refractivity contribution < 1.29 is 71.3 Å². The zero-order valence-corrected chi connectivity index (χ0v) is 42.6. The fraction of sp³-hybridized carbons (Fsp3) is 0.333. The molecule has 4 heterocycles. The third-order valence-corrected chi connectivity index (χ3v) is 50.1. The first-order chi connectivity index (χ1) is 25.7. The number of hydrogen-bond acceptors (Lipinski definition) is 17. The molecule has 7 rings (SSSR count). The summed E-state index contributed by atoms with van der Waals surface area (Å²) in [4.78, 5) is 12.3. The van der Waals surface area contributed by atoms with Gasteiger partial charge in [0.2, 0.25) is 10.5 Å². The van der Waals surface area contributed by atoms with Crippen LogP contribution in [-0.4, -0.2) is 118 Å². The second kappa shape index (κ2) is 14.8. The first-order valence-electron chi connectivity index (χ1n) is 17.1. The molecule has 4 saturated heterocycles. The summed E-state index contributed by atoms with van der Waals surface area (Å²) in [6.45, 7) is 11.7. The Kier molecular flexibility index (Phi) is 11.4. The first kappa shape index (κ1) is 42.5. The van der Waals surface area contributed by atoms with Gasteiger partial charge in [0.1, 0.15) is 0 Å². The molecule has 0 spiro atoms. The Balaban J connectivity index is 1.47. The molecule has 55 heavy (non-hydrogen) atoms. The molecular formula is C27H43O17Si11. The number of fused-ring (bicyclic) bond motifs is 6. The minimum atomic E-state index is -5.06. The molecule has 4 aliphatic rings. The van der Waals surface area contributed by atoms with Crippen LogP contribution in [0.1, 0.15) is 0 Å². The van der Waals surface area contributed by atoms with E-state index < -0.39 is 88.0 Å². The normalized spacial score (nSPS) is 45.0. The van der Waals surface area contributed by atoms with Crippen LogP contribution >= 0.6 is 0 Å². The fourth-order valence-corrected chi connectivity index (χ4v) is 55.6. The van der Waals surface area contributed by atoms with E-state index in [9.17, 15) is 4.80 Å². The molecule has 1 N–H and O–H groups in total. The topological polar surface area (TPSA) is 168 Å². The summed E-state index contributed by atoms with van der Waals surface area (Å²) >= 11 is 0. The van der Waals surface area contributed by atoms with E-state index in [-0.39, 0.29) is 0 Å². The van der Waals surface area contributed by atoms with E-state index in [1.807, 2.05) is 104 Å². The lowest BCUT2D eigenvalue weighted by atomic mass is 10.4. The summed E-state index contributed by atoms with van der Waals surface area (Å²) in [7, 11) is -36.2. The van der Waals surface area contributed by atoms with Crippen LogP contribution in [0.4, 0.5) is 0 Å². The maximum absolute atomic E-state index is 12.3. The van der Waals surface area contributed by atoms with E-state index >= 15 is 0 Å². The molecular weight excluding hydrogens is 905 g/mol. The van der Waals surface area contributed by atoms with Crippen LogP contribution in [0.3, 0.4) is 0 Å². The standard InChI is InChI=1S/C27H43O17Si11/c1-29-48(5)35-49(6,30-2)40-54(28)41-51(8,36-48)37-52(9)39-53(27-23-17-12-18-24-27)34-47(4,26-21-15-11-16-22-26)32-46(3,25-19-13-10-14-20-25)33-50(7,38-53)42-55(31-45,43-52)44-54/h10-24,28H,1-9H3. The van der Waals surface area contributed by atoms with Crippen LogP contribution in [0.15, 0.2) is 91.0 Å². The van der Waals surface area contributed by atoms with E-state index in [1.54, 1.807) is 19.6 Å². The van der Waals surface area contributed by atoms with Crippen molar-refractivity contribution in [3.8, 4) is 0 Å². The van der Waals surface area contributed by atoms with Crippen LogP contribution in [0.5, 0.6) is 0 Å². The SMILES string of the molecule is CO[Si]1(C)O[Si](C)(OC)O[Si]2(O)O[Si](C)(O1)O[Si]1(C)O[Si](O[Si])(O[Si]3(C)O[Si](C)(c4ccccc4)O[Si](C)(c4ccccc4)O[Si](c4ccccc4)(O1)O3)O2. The van der Waals surface area contributed by atoms with E-state index in [0.717, 1.165) is 10.4 Å². The molecule has 4 aliphatic heterocycles. The third-order valence-electron chi connectivity index (χ3n) is 8.94. The van der Waals surface area contributed by atoms with Crippen molar-refractivity contribution in [1.82, 2.24) is 0 Å². The Morgan fingerprint density at radius 3 is 1.36 bits per heavy atom. The van der Waals surface area contributed by atoms with Crippen LogP contribution < -0.4 is 15.6 Å². The van der Waals surface area contributed by atoms with E-state index in [4.69, 9.17) is 66.5 Å². The molecule has 3 aromatic carbocycles. The molecule has 28 heteroatoms.